The van der Waals surface area contributed by atoms with Crippen molar-refractivity contribution < 1.29 is 4.74 Å². The van der Waals surface area contributed by atoms with Crippen LogP contribution in [0.3, 0.4) is 0 Å². The number of ether oxygens (including phenoxy) is 1. The Hall–Kier alpha value is -3.37. The number of imidazole rings is 1. The normalized spacial score (nSPS) is 19.2. The summed E-state index contributed by atoms with van der Waals surface area (Å²) < 4.78 is 8.15. The monoisotopic (exact) mass is 398 g/mol. The molecule has 0 aliphatic carbocycles. The van der Waals surface area contributed by atoms with Crippen molar-refractivity contribution in [2.24, 2.45) is 0 Å². The molecule has 0 saturated carbocycles. The van der Waals surface area contributed by atoms with Gasteiger partial charge in [0, 0.05) is 36.8 Å². The molecule has 5 rings (SSSR count). The fourth-order valence-corrected chi connectivity index (χ4v) is 4.28. The molecule has 0 N–H and O–H groups in total. The minimum absolute atomic E-state index is 0.195. The molecule has 4 heterocycles. The van der Waals surface area contributed by atoms with Gasteiger partial charge in [-0.1, -0.05) is 6.07 Å². The van der Waals surface area contributed by atoms with E-state index in [1.807, 2.05) is 37.5 Å². The summed E-state index contributed by atoms with van der Waals surface area (Å²) in [4.78, 5) is 22.1. The molecule has 2 atom stereocenters. The van der Waals surface area contributed by atoms with E-state index in [1.54, 1.807) is 6.20 Å². The van der Waals surface area contributed by atoms with Crippen molar-refractivity contribution in [1.29, 1.82) is 0 Å². The van der Waals surface area contributed by atoms with E-state index < -0.39 is 0 Å². The number of hydrogen-bond acceptors (Lipinski definition) is 5. The van der Waals surface area contributed by atoms with Gasteiger partial charge in [-0.05, 0) is 38.8 Å². The highest BCUT2D eigenvalue weighted by Gasteiger charge is 2.26. The molecule has 30 heavy (non-hydrogen) atoms. The molecular formula is C23H22N6O. The molecule has 1 aliphatic heterocycles. The molecule has 1 fully saturated rings. The molecule has 0 bridgehead atoms. The van der Waals surface area contributed by atoms with E-state index >= 15 is 0 Å². The van der Waals surface area contributed by atoms with Crippen LogP contribution >= 0.6 is 0 Å². The van der Waals surface area contributed by atoms with Crippen LogP contribution in [0.15, 0.2) is 36.8 Å². The van der Waals surface area contributed by atoms with Crippen LogP contribution in [-0.2, 0) is 11.2 Å². The quantitative estimate of drug-likeness (QED) is 0.473. The molecule has 4 aromatic rings. The molecule has 0 spiro atoms. The zero-order valence-corrected chi connectivity index (χ0v) is 17.0. The number of hydrogen-bond donors (Lipinski definition) is 0. The van der Waals surface area contributed by atoms with Crippen LogP contribution in [-0.4, -0.2) is 37.2 Å². The molecule has 1 aliphatic rings. The molecule has 0 radical (unpaired) electrons. The van der Waals surface area contributed by atoms with Gasteiger partial charge in [0.1, 0.15) is 11.3 Å². The molecule has 7 nitrogen and oxygen atoms in total. The lowest BCUT2D eigenvalue weighted by atomic mass is 10.0. The number of rotatable bonds is 3. The minimum Gasteiger partial charge on any atom is -0.378 e. The van der Waals surface area contributed by atoms with Gasteiger partial charge in [0.2, 0.25) is 0 Å². The maximum atomic E-state index is 7.42. The number of benzene rings is 1. The van der Waals surface area contributed by atoms with Gasteiger partial charge in [-0.15, -0.1) is 0 Å². The van der Waals surface area contributed by atoms with Crippen molar-refractivity contribution in [3.63, 3.8) is 0 Å². The summed E-state index contributed by atoms with van der Waals surface area (Å²) in [6.45, 7) is 12.2. The number of aryl methyl sites for hydroxylation is 1. The average Bonchev–Trinajstić information content (AvgIpc) is 3.13. The molecule has 0 unspecified atom stereocenters. The van der Waals surface area contributed by atoms with Crippen LogP contribution < -0.4 is 0 Å². The third-order valence-electron chi connectivity index (χ3n) is 5.70. The lowest BCUT2D eigenvalue weighted by Gasteiger charge is -2.30. The van der Waals surface area contributed by atoms with Crippen molar-refractivity contribution in [1.82, 2.24) is 24.5 Å². The van der Waals surface area contributed by atoms with E-state index in [1.165, 1.54) is 0 Å². The summed E-state index contributed by atoms with van der Waals surface area (Å²) in [6, 6.07) is 5.92. The molecule has 1 saturated heterocycles. The maximum Gasteiger partial charge on any atom is 0.188 e. The fourth-order valence-electron chi connectivity index (χ4n) is 4.28. The standard InChI is InChI=1S/C23H22N6O/c1-14-11-26-17(12-25-14)10-22-28-21-13-27-20-5-4-16(24-3)9-19(20)23(21)29(22)18-6-7-30-15(2)8-18/h4-5,9,11-13,15,18H,6-8,10H2,1-2H3/t15-,18-/m1/s1. The van der Waals surface area contributed by atoms with Gasteiger partial charge in [0.05, 0.1) is 41.3 Å². The Kier molecular flexibility index (Phi) is 4.64. The summed E-state index contributed by atoms with van der Waals surface area (Å²) in [5, 5.41) is 0.967. The van der Waals surface area contributed by atoms with Gasteiger partial charge in [-0.25, -0.2) is 9.83 Å². The van der Waals surface area contributed by atoms with E-state index in [0.29, 0.717) is 12.1 Å². The number of pyridine rings is 1. The third-order valence-corrected chi connectivity index (χ3v) is 5.70. The van der Waals surface area contributed by atoms with Crippen molar-refractivity contribution in [3.8, 4) is 0 Å². The van der Waals surface area contributed by atoms with E-state index in [4.69, 9.17) is 16.3 Å². The van der Waals surface area contributed by atoms with Crippen LogP contribution in [0.1, 0.15) is 43.0 Å². The zero-order chi connectivity index (χ0) is 20.7. The van der Waals surface area contributed by atoms with Gasteiger partial charge in [-0.2, -0.15) is 0 Å². The largest absolute Gasteiger partial charge is 0.378 e. The van der Waals surface area contributed by atoms with Crippen LogP contribution in [0.25, 0.3) is 26.8 Å². The van der Waals surface area contributed by atoms with E-state index in [9.17, 15) is 0 Å². The molecular weight excluding hydrogens is 376 g/mol. The van der Waals surface area contributed by atoms with Crippen molar-refractivity contribution >= 4 is 27.6 Å². The summed E-state index contributed by atoms with van der Waals surface area (Å²) >= 11 is 0. The lowest BCUT2D eigenvalue weighted by molar-refractivity contribution is 0.00631. The van der Waals surface area contributed by atoms with E-state index in [-0.39, 0.29) is 12.1 Å². The fraction of sp³-hybridized carbons (Fsp3) is 0.348. The van der Waals surface area contributed by atoms with Crippen molar-refractivity contribution in [3.05, 3.63) is 65.4 Å². The Morgan fingerprint density at radius 1 is 1.17 bits per heavy atom. The Morgan fingerprint density at radius 2 is 2.07 bits per heavy atom. The number of aromatic nitrogens is 5. The Labute approximate surface area is 174 Å². The van der Waals surface area contributed by atoms with E-state index in [2.05, 4.69) is 31.3 Å². The Morgan fingerprint density at radius 3 is 2.83 bits per heavy atom. The van der Waals surface area contributed by atoms with Gasteiger partial charge in [-0.3, -0.25) is 15.0 Å². The summed E-state index contributed by atoms with van der Waals surface area (Å²) in [7, 11) is 0. The average molecular weight is 398 g/mol. The lowest BCUT2D eigenvalue weighted by Crippen LogP contribution is -2.26. The second-order valence-electron chi connectivity index (χ2n) is 7.89. The second kappa shape index (κ2) is 7.47. The second-order valence-corrected chi connectivity index (χ2v) is 7.89. The predicted octanol–water partition coefficient (Wildman–Crippen LogP) is 4.56. The predicted molar refractivity (Wildman–Crippen MR) is 115 cm³/mol. The number of fused-ring (bicyclic) bond motifs is 3. The van der Waals surface area contributed by atoms with Crippen LogP contribution in [0, 0.1) is 13.5 Å². The first kappa shape index (κ1) is 18.6. The molecule has 0 amide bonds. The molecule has 150 valence electrons. The summed E-state index contributed by atoms with van der Waals surface area (Å²) in [5.41, 5.74) is 5.15. The molecule has 3 aromatic heterocycles. The highest BCUT2D eigenvalue weighted by Crippen LogP contribution is 2.35. The molecule has 7 heteroatoms. The SMILES string of the molecule is [C-]#[N+]c1ccc2ncc3nc(Cc4cnc(C)cn4)n([C@@H]4CCO[C@H](C)C4)c3c2c1. The first-order valence-corrected chi connectivity index (χ1v) is 10.2. The van der Waals surface area contributed by atoms with Gasteiger partial charge in [0.25, 0.3) is 0 Å². The Balaban J connectivity index is 1.74. The summed E-state index contributed by atoms with van der Waals surface area (Å²) in [5.74, 6) is 0.949. The van der Waals surface area contributed by atoms with Crippen molar-refractivity contribution in [2.75, 3.05) is 6.61 Å². The highest BCUT2D eigenvalue weighted by atomic mass is 16.5. The maximum absolute atomic E-state index is 7.42. The first-order chi connectivity index (χ1) is 14.6. The highest BCUT2D eigenvalue weighted by molar-refractivity contribution is 6.03. The first-order valence-electron chi connectivity index (χ1n) is 10.2. The van der Waals surface area contributed by atoms with Gasteiger partial charge in [0.15, 0.2) is 5.69 Å². The van der Waals surface area contributed by atoms with Gasteiger partial charge < -0.3 is 9.30 Å². The zero-order valence-electron chi connectivity index (χ0n) is 17.0. The smallest absolute Gasteiger partial charge is 0.188 e. The summed E-state index contributed by atoms with van der Waals surface area (Å²) in [6.07, 6.45) is 8.08. The topological polar surface area (TPSA) is 70.1 Å². The van der Waals surface area contributed by atoms with Gasteiger partial charge >= 0.3 is 0 Å². The van der Waals surface area contributed by atoms with E-state index in [0.717, 1.165) is 58.6 Å². The van der Waals surface area contributed by atoms with Crippen LogP contribution in [0.2, 0.25) is 0 Å². The Bertz CT molecular complexity index is 1270. The minimum atomic E-state index is 0.195. The van der Waals surface area contributed by atoms with Crippen molar-refractivity contribution in [2.45, 2.75) is 45.3 Å². The molecule has 1 aromatic carbocycles. The van der Waals surface area contributed by atoms with Crippen LogP contribution in [0.4, 0.5) is 5.69 Å². The number of nitrogens with zero attached hydrogens (tertiary/aromatic N) is 6. The van der Waals surface area contributed by atoms with Crippen LogP contribution in [0.5, 0.6) is 0 Å². The third kappa shape index (κ3) is 3.29.